The summed E-state index contributed by atoms with van der Waals surface area (Å²) in [5.41, 5.74) is 5.75. The molecule has 3 aromatic heterocycles. The number of nitrogens with two attached hydrogens (primary N) is 1. The number of halogens is 3. The number of rotatable bonds is 12. The van der Waals surface area contributed by atoms with Gasteiger partial charge < -0.3 is 36.2 Å². The van der Waals surface area contributed by atoms with Crippen molar-refractivity contribution in [2.75, 3.05) is 77.2 Å². The molecule has 0 aromatic carbocycles. The van der Waals surface area contributed by atoms with Gasteiger partial charge in [0.05, 0.1) is 30.9 Å². The zero-order valence-electron chi connectivity index (χ0n) is 23.9. The van der Waals surface area contributed by atoms with Crippen molar-refractivity contribution in [2.24, 2.45) is 0 Å². The van der Waals surface area contributed by atoms with Gasteiger partial charge in [0, 0.05) is 57.7 Å². The van der Waals surface area contributed by atoms with Crippen molar-refractivity contribution < 1.29 is 27.5 Å². The van der Waals surface area contributed by atoms with Gasteiger partial charge in [0.2, 0.25) is 11.8 Å². The molecule has 4 heterocycles. The molecule has 0 saturated carbocycles. The average molecular weight is 605 g/mol. The highest BCUT2D eigenvalue weighted by molar-refractivity contribution is 5.91. The van der Waals surface area contributed by atoms with Gasteiger partial charge in [-0.3, -0.25) is 9.59 Å². The van der Waals surface area contributed by atoms with Crippen LogP contribution in [0.5, 0.6) is 0 Å². The van der Waals surface area contributed by atoms with Crippen molar-refractivity contribution in [1.29, 1.82) is 0 Å². The van der Waals surface area contributed by atoms with Crippen LogP contribution in [0.15, 0.2) is 36.7 Å². The largest absolute Gasteiger partial charge is 0.417 e. The molecule has 1 fully saturated rings. The van der Waals surface area contributed by atoms with Crippen LogP contribution in [-0.4, -0.2) is 103 Å². The Morgan fingerprint density at radius 1 is 1.16 bits per heavy atom. The standard InChI is InChI=1S/C27H35F3N10O3/c1-38(2)7-3-4-23(41)35-16-24(42)33-6-5-32-14-18-12-21-26(39-8-10-43-11-9-39)36-25(37-40(21)17-18)19-15-34-22(31)13-20(19)27(28,29)30/h3-4,12-13,15,17,32H,5-11,14,16H2,1-2H3,(H2,31,34)(H,33,42)(H,35,41)/b4-3+. The fourth-order valence-electron chi connectivity index (χ4n) is 4.32. The predicted molar refractivity (Wildman–Crippen MR) is 154 cm³/mol. The van der Waals surface area contributed by atoms with E-state index < -0.39 is 11.7 Å². The third-order valence-electron chi connectivity index (χ3n) is 6.40. The maximum absolute atomic E-state index is 13.9. The number of carbonyl (C=O) groups is 2. The number of morpholine rings is 1. The van der Waals surface area contributed by atoms with E-state index >= 15 is 0 Å². The monoisotopic (exact) mass is 604 g/mol. The first kappa shape index (κ1) is 31.7. The lowest BCUT2D eigenvalue weighted by Crippen LogP contribution is -2.39. The van der Waals surface area contributed by atoms with Gasteiger partial charge in [0.1, 0.15) is 11.3 Å². The predicted octanol–water partition coefficient (Wildman–Crippen LogP) is 0.669. The highest BCUT2D eigenvalue weighted by atomic mass is 19.4. The fourth-order valence-corrected chi connectivity index (χ4v) is 4.32. The van der Waals surface area contributed by atoms with E-state index in [0.29, 0.717) is 63.8 Å². The van der Waals surface area contributed by atoms with Gasteiger partial charge in [-0.2, -0.15) is 13.2 Å². The molecule has 3 aromatic rings. The molecular weight excluding hydrogens is 569 g/mol. The number of nitrogens with zero attached hydrogens (tertiary/aromatic N) is 6. The number of anilines is 2. The number of hydrogen-bond donors (Lipinski definition) is 4. The summed E-state index contributed by atoms with van der Waals surface area (Å²) in [6.07, 6.45) is 1.16. The van der Waals surface area contributed by atoms with Crippen LogP contribution in [0, 0.1) is 0 Å². The number of carbonyl (C=O) groups excluding carboxylic acids is 2. The smallest absolute Gasteiger partial charge is 0.384 e. The quantitative estimate of drug-likeness (QED) is 0.171. The molecule has 16 heteroatoms. The number of hydrogen-bond acceptors (Lipinski definition) is 10. The summed E-state index contributed by atoms with van der Waals surface area (Å²) in [6.45, 7) is 3.60. The number of likely N-dealkylation sites (N-methyl/N-ethyl adjacent to an activating group) is 1. The van der Waals surface area contributed by atoms with Gasteiger partial charge in [0.25, 0.3) is 0 Å². The Kier molecular flexibility index (Phi) is 10.5. The number of fused-ring (bicyclic) bond motifs is 1. The zero-order chi connectivity index (χ0) is 31.0. The van der Waals surface area contributed by atoms with E-state index in [4.69, 9.17) is 10.5 Å². The Morgan fingerprint density at radius 3 is 2.65 bits per heavy atom. The summed E-state index contributed by atoms with van der Waals surface area (Å²) in [7, 11) is 3.76. The molecule has 43 heavy (non-hydrogen) atoms. The Morgan fingerprint density at radius 2 is 1.93 bits per heavy atom. The Bertz CT molecular complexity index is 1450. The second-order valence-electron chi connectivity index (χ2n) is 10.1. The lowest BCUT2D eigenvalue weighted by molar-refractivity contribution is -0.137. The van der Waals surface area contributed by atoms with Crippen molar-refractivity contribution in [2.45, 2.75) is 12.7 Å². The molecule has 0 atom stereocenters. The van der Waals surface area contributed by atoms with Crippen LogP contribution in [-0.2, 0) is 27.0 Å². The van der Waals surface area contributed by atoms with Crippen molar-refractivity contribution in [1.82, 2.24) is 40.4 Å². The third kappa shape index (κ3) is 8.86. The third-order valence-corrected chi connectivity index (χ3v) is 6.40. The first-order chi connectivity index (χ1) is 20.5. The minimum atomic E-state index is -4.68. The highest BCUT2D eigenvalue weighted by Gasteiger charge is 2.35. The zero-order valence-corrected chi connectivity index (χ0v) is 23.9. The number of amides is 2. The Balaban J connectivity index is 1.41. The van der Waals surface area contributed by atoms with Crippen LogP contribution in [0.2, 0.25) is 0 Å². The van der Waals surface area contributed by atoms with E-state index in [1.807, 2.05) is 30.0 Å². The molecule has 4 rings (SSSR count). The van der Waals surface area contributed by atoms with E-state index in [0.717, 1.165) is 17.8 Å². The fraction of sp³-hybridized carbons (Fsp3) is 0.444. The molecule has 1 aliphatic heterocycles. The average Bonchev–Trinajstić information content (AvgIpc) is 3.38. The summed E-state index contributed by atoms with van der Waals surface area (Å²) in [5, 5.41) is 12.9. The minimum Gasteiger partial charge on any atom is -0.384 e. The Labute approximate surface area is 246 Å². The normalized spacial score (nSPS) is 14.1. The molecule has 5 N–H and O–H groups in total. The van der Waals surface area contributed by atoms with E-state index in [2.05, 4.69) is 31.0 Å². The van der Waals surface area contributed by atoms with E-state index in [-0.39, 0.29) is 35.6 Å². The summed E-state index contributed by atoms with van der Waals surface area (Å²) in [6, 6.07) is 2.64. The molecule has 0 unspecified atom stereocenters. The number of alkyl halides is 3. The van der Waals surface area contributed by atoms with Crippen LogP contribution in [0.4, 0.5) is 24.8 Å². The first-order valence-electron chi connectivity index (χ1n) is 13.6. The van der Waals surface area contributed by atoms with Crippen LogP contribution in [0.25, 0.3) is 16.9 Å². The van der Waals surface area contributed by atoms with Gasteiger partial charge in [-0.05, 0) is 31.8 Å². The van der Waals surface area contributed by atoms with E-state index in [1.54, 1.807) is 12.3 Å². The topological polar surface area (TPSA) is 155 Å². The van der Waals surface area contributed by atoms with Crippen molar-refractivity contribution >= 4 is 29.0 Å². The van der Waals surface area contributed by atoms with Crippen molar-refractivity contribution in [3.8, 4) is 11.4 Å². The molecule has 1 saturated heterocycles. The molecule has 232 valence electrons. The van der Waals surface area contributed by atoms with Crippen LogP contribution in [0.1, 0.15) is 11.1 Å². The molecular formula is C27H35F3N10O3. The Hall–Kier alpha value is -4.28. The second-order valence-corrected chi connectivity index (χ2v) is 10.1. The van der Waals surface area contributed by atoms with E-state index in [1.165, 1.54) is 10.6 Å². The molecule has 0 radical (unpaired) electrons. The van der Waals surface area contributed by atoms with Gasteiger partial charge in [-0.25, -0.2) is 14.5 Å². The molecule has 0 spiro atoms. The van der Waals surface area contributed by atoms with E-state index in [9.17, 15) is 22.8 Å². The maximum Gasteiger partial charge on any atom is 0.417 e. The number of pyridine rings is 1. The van der Waals surface area contributed by atoms with Gasteiger partial charge in [-0.15, -0.1) is 5.10 Å². The lowest BCUT2D eigenvalue weighted by Gasteiger charge is -2.28. The minimum absolute atomic E-state index is 0.132. The number of nitrogen functional groups attached to an aromatic ring is 1. The SMILES string of the molecule is CN(C)C/C=C/C(=O)NCC(=O)NCCNCc1cc2c(N3CCOCC3)nc(-c3cnc(N)cc3C(F)(F)F)nn2c1. The van der Waals surface area contributed by atoms with Crippen molar-refractivity contribution in [3.63, 3.8) is 0 Å². The number of ether oxygens (including phenoxy) is 1. The molecule has 0 aliphatic carbocycles. The number of aromatic nitrogens is 4. The van der Waals surface area contributed by atoms with Crippen LogP contribution < -0.4 is 26.6 Å². The summed E-state index contributed by atoms with van der Waals surface area (Å²) < 4.78 is 48.5. The number of nitrogens with one attached hydrogen (secondary N) is 3. The van der Waals surface area contributed by atoms with Gasteiger partial charge in [0.15, 0.2) is 11.6 Å². The van der Waals surface area contributed by atoms with Crippen LogP contribution in [0.3, 0.4) is 0 Å². The highest BCUT2D eigenvalue weighted by Crippen LogP contribution is 2.37. The molecule has 0 bridgehead atoms. The molecule has 2 amide bonds. The summed E-state index contributed by atoms with van der Waals surface area (Å²) in [5.74, 6) is -0.573. The second kappa shape index (κ2) is 14.3. The molecule has 1 aliphatic rings. The first-order valence-corrected chi connectivity index (χ1v) is 13.6. The van der Waals surface area contributed by atoms with Crippen LogP contribution >= 0.6 is 0 Å². The molecule has 13 nitrogen and oxygen atoms in total. The van der Waals surface area contributed by atoms with Crippen molar-refractivity contribution in [3.05, 3.63) is 47.8 Å². The summed E-state index contributed by atoms with van der Waals surface area (Å²) >= 11 is 0. The lowest BCUT2D eigenvalue weighted by atomic mass is 10.1. The van der Waals surface area contributed by atoms with Gasteiger partial charge >= 0.3 is 6.18 Å². The summed E-state index contributed by atoms with van der Waals surface area (Å²) in [4.78, 5) is 36.0. The maximum atomic E-state index is 13.9. The van der Waals surface area contributed by atoms with Gasteiger partial charge in [-0.1, -0.05) is 6.08 Å².